The highest BCUT2D eigenvalue weighted by Crippen LogP contribution is 2.46. The second-order valence-electron chi connectivity index (χ2n) is 13.0. The highest BCUT2D eigenvalue weighted by molar-refractivity contribution is 5.84. The second kappa shape index (κ2) is 11.7. The van der Waals surface area contributed by atoms with Crippen LogP contribution in [-0.4, -0.2) is 80.4 Å². The molecule has 1 saturated carbocycles. The number of ether oxygens (including phenoxy) is 1. The SMILES string of the molecule is C[C@H]1CN(C(=O)Cc2ccc(CN3CCN(C)CC3)c(C(F)(F)F)c2)Cc2cc(Oc3ccnc4[nH]c(C5(O)CC5)cc34)cnc21. The van der Waals surface area contributed by atoms with Crippen LogP contribution in [0.1, 0.15) is 59.3 Å². The number of fused-ring (bicyclic) bond motifs is 2. The molecule has 1 saturated heterocycles. The number of nitrogens with zero attached hydrogens (tertiary/aromatic N) is 5. The number of piperazine rings is 1. The maximum absolute atomic E-state index is 14.1. The van der Waals surface area contributed by atoms with Crippen molar-refractivity contribution in [2.24, 2.45) is 0 Å². The number of carbonyl (C=O) groups is 1. The van der Waals surface area contributed by atoms with Crippen molar-refractivity contribution in [1.82, 2.24) is 29.7 Å². The number of aliphatic hydroxyl groups is 1. The number of likely N-dealkylation sites (N-methyl/N-ethyl adjacent to an activating group) is 1. The lowest BCUT2D eigenvalue weighted by atomic mass is 9.95. The number of aromatic nitrogens is 3. The third-order valence-corrected chi connectivity index (χ3v) is 9.42. The number of nitrogens with one attached hydrogen (secondary N) is 1. The molecular weight excluding hydrogens is 597 g/mol. The fourth-order valence-electron chi connectivity index (χ4n) is 6.53. The van der Waals surface area contributed by atoms with E-state index in [1.807, 2.05) is 31.0 Å². The van der Waals surface area contributed by atoms with Crippen LogP contribution in [0.4, 0.5) is 13.2 Å². The number of alkyl halides is 3. The first-order valence-corrected chi connectivity index (χ1v) is 15.7. The molecular formula is C34H37F3N6O3. The largest absolute Gasteiger partial charge is 0.455 e. The number of pyridine rings is 2. The van der Waals surface area contributed by atoms with Crippen LogP contribution in [0.25, 0.3) is 11.0 Å². The molecule has 0 unspecified atom stereocenters. The lowest BCUT2D eigenvalue weighted by molar-refractivity contribution is -0.138. The fraction of sp³-hybridized carbons (Fsp3) is 0.441. The third kappa shape index (κ3) is 6.21. The predicted molar refractivity (Wildman–Crippen MR) is 165 cm³/mol. The molecule has 9 nitrogen and oxygen atoms in total. The van der Waals surface area contributed by atoms with Gasteiger partial charge in [0, 0.05) is 63.6 Å². The second-order valence-corrected chi connectivity index (χ2v) is 13.0. The van der Waals surface area contributed by atoms with Gasteiger partial charge in [-0.25, -0.2) is 4.98 Å². The first-order valence-electron chi connectivity index (χ1n) is 15.7. The third-order valence-electron chi connectivity index (χ3n) is 9.42. The first kappa shape index (κ1) is 30.6. The minimum Gasteiger partial charge on any atom is -0.455 e. The molecule has 7 rings (SSSR count). The molecule has 242 valence electrons. The summed E-state index contributed by atoms with van der Waals surface area (Å²) in [6.07, 6.45) is 0.0472. The van der Waals surface area contributed by atoms with E-state index in [1.54, 1.807) is 29.4 Å². The number of hydrogen-bond donors (Lipinski definition) is 2. The van der Waals surface area contributed by atoms with Gasteiger partial charge >= 0.3 is 6.18 Å². The van der Waals surface area contributed by atoms with Crippen molar-refractivity contribution in [3.63, 3.8) is 0 Å². The van der Waals surface area contributed by atoms with Crippen molar-refractivity contribution in [3.05, 3.63) is 82.4 Å². The lowest BCUT2D eigenvalue weighted by Crippen LogP contribution is -2.44. The summed E-state index contributed by atoms with van der Waals surface area (Å²) in [5.41, 5.74) is 2.09. The summed E-state index contributed by atoms with van der Waals surface area (Å²) in [5.74, 6) is 0.758. The van der Waals surface area contributed by atoms with Crippen LogP contribution >= 0.6 is 0 Å². The number of halogens is 3. The standard InChI is InChI=1S/C34H37F3N6O3/c1-21-18-43(30(44)14-22-3-4-23(27(13-22)34(35,36)37)19-42-11-9-41(2)10-12-42)20-24-15-25(17-39-31(21)24)46-28-5-8-38-32-26(28)16-29(40-32)33(45)6-7-33/h3-5,8,13,15-17,21,45H,6-7,9-12,14,18-20H2,1-2H3,(H,38,40)/t21-/m0/s1. The van der Waals surface area contributed by atoms with Gasteiger partial charge in [-0.3, -0.25) is 14.7 Å². The Morgan fingerprint density at radius 3 is 2.63 bits per heavy atom. The molecule has 1 aliphatic carbocycles. The number of amides is 1. The summed E-state index contributed by atoms with van der Waals surface area (Å²) in [5, 5.41) is 11.3. The van der Waals surface area contributed by atoms with E-state index in [1.165, 1.54) is 6.07 Å². The summed E-state index contributed by atoms with van der Waals surface area (Å²) in [4.78, 5) is 31.6. The smallest absolute Gasteiger partial charge is 0.416 e. The molecule has 46 heavy (non-hydrogen) atoms. The molecule has 5 heterocycles. The van der Waals surface area contributed by atoms with E-state index in [0.29, 0.717) is 60.9 Å². The zero-order chi connectivity index (χ0) is 32.2. The molecule has 12 heteroatoms. The highest BCUT2D eigenvalue weighted by atomic mass is 19.4. The molecule has 1 atom stereocenters. The maximum atomic E-state index is 14.1. The van der Waals surface area contributed by atoms with E-state index in [-0.39, 0.29) is 36.9 Å². The van der Waals surface area contributed by atoms with Gasteiger partial charge in [0.05, 0.1) is 29.3 Å². The van der Waals surface area contributed by atoms with Crippen LogP contribution in [0, 0.1) is 0 Å². The average Bonchev–Trinajstić information content (AvgIpc) is 3.60. The molecule has 1 amide bonds. The van der Waals surface area contributed by atoms with E-state index in [0.717, 1.165) is 35.8 Å². The van der Waals surface area contributed by atoms with Crippen LogP contribution in [-0.2, 0) is 36.1 Å². The van der Waals surface area contributed by atoms with Crippen LogP contribution in [0.2, 0.25) is 0 Å². The van der Waals surface area contributed by atoms with Gasteiger partial charge in [0.25, 0.3) is 0 Å². The van der Waals surface area contributed by atoms with Crippen molar-refractivity contribution < 1.29 is 27.8 Å². The van der Waals surface area contributed by atoms with Crippen LogP contribution in [0.15, 0.2) is 48.8 Å². The van der Waals surface area contributed by atoms with E-state index < -0.39 is 17.3 Å². The fourth-order valence-corrected chi connectivity index (χ4v) is 6.53. The quantitative estimate of drug-likeness (QED) is 0.289. The number of rotatable bonds is 7. The Balaban J connectivity index is 1.06. The molecule has 4 aromatic rings. The number of hydrogen-bond acceptors (Lipinski definition) is 7. The Kier molecular flexibility index (Phi) is 7.77. The molecule has 0 spiro atoms. The van der Waals surface area contributed by atoms with Gasteiger partial charge < -0.3 is 24.6 Å². The van der Waals surface area contributed by atoms with Crippen molar-refractivity contribution in [2.75, 3.05) is 39.8 Å². The molecule has 3 aliphatic rings. The Hall–Kier alpha value is -4.00. The van der Waals surface area contributed by atoms with Crippen molar-refractivity contribution >= 4 is 16.9 Å². The molecule has 2 fully saturated rings. The number of H-pyrrole nitrogens is 1. The van der Waals surface area contributed by atoms with Gasteiger partial charge in [-0.15, -0.1) is 0 Å². The van der Waals surface area contributed by atoms with E-state index in [2.05, 4.69) is 19.9 Å². The summed E-state index contributed by atoms with van der Waals surface area (Å²) >= 11 is 0. The summed E-state index contributed by atoms with van der Waals surface area (Å²) < 4.78 is 48.6. The van der Waals surface area contributed by atoms with Crippen molar-refractivity contribution in [1.29, 1.82) is 0 Å². The highest BCUT2D eigenvalue weighted by Gasteiger charge is 2.43. The topological polar surface area (TPSA) is 97.8 Å². The number of carbonyl (C=O) groups excluding carboxylic acids is 1. The van der Waals surface area contributed by atoms with Gasteiger partial charge in [-0.05, 0) is 60.8 Å². The minimum atomic E-state index is -4.51. The van der Waals surface area contributed by atoms with Crippen LogP contribution < -0.4 is 4.74 Å². The monoisotopic (exact) mass is 634 g/mol. The Bertz CT molecular complexity index is 1780. The van der Waals surface area contributed by atoms with E-state index in [4.69, 9.17) is 4.74 Å². The maximum Gasteiger partial charge on any atom is 0.416 e. The van der Waals surface area contributed by atoms with Crippen LogP contribution in [0.3, 0.4) is 0 Å². The Morgan fingerprint density at radius 1 is 1.11 bits per heavy atom. The van der Waals surface area contributed by atoms with E-state index >= 15 is 0 Å². The normalized spacial score (nSPS) is 20.1. The van der Waals surface area contributed by atoms with E-state index in [9.17, 15) is 23.1 Å². The Labute approximate surface area is 265 Å². The minimum absolute atomic E-state index is 0.0578. The zero-order valence-corrected chi connectivity index (χ0v) is 25.9. The summed E-state index contributed by atoms with van der Waals surface area (Å²) in [6, 6.07) is 9.79. The first-order chi connectivity index (χ1) is 21.9. The van der Waals surface area contributed by atoms with Gasteiger partial charge in [0.15, 0.2) is 0 Å². The molecule has 1 aromatic carbocycles. The number of aromatic amines is 1. The zero-order valence-electron chi connectivity index (χ0n) is 25.9. The molecule has 0 radical (unpaired) electrons. The number of benzene rings is 1. The Morgan fingerprint density at radius 2 is 1.89 bits per heavy atom. The molecule has 2 aliphatic heterocycles. The predicted octanol–water partition coefficient (Wildman–Crippen LogP) is 5.19. The van der Waals surface area contributed by atoms with Crippen molar-refractivity contribution in [2.45, 2.75) is 57.0 Å². The van der Waals surface area contributed by atoms with Crippen molar-refractivity contribution in [3.8, 4) is 11.5 Å². The van der Waals surface area contributed by atoms with Gasteiger partial charge in [-0.1, -0.05) is 19.1 Å². The molecule has 2 N–H and O–H groups in total. The van der Waals surface area contributed by atoms with Gasteiger partial charge in [0.1, 0.15) is 22.7 Å². The molecule has 3 aromatic heterocycles. The molecule has 0 bridgehead atoms. The van der Waals surface area contributed by atoms with Crippen LogP contribution in [0.5, 0.6) is 11.5 Å². The lowest BCUT2D eigenvalue weighted by Gasteiger charge is -2.33. The van der Waals surface area contributed by atoms with Gasteiger partial charge in [-0.2, -0.15) is 13.2 Å². The average molecular weight is 635 g/mol. The summed E-state index contributed by atoms with van der Waals surface area (Å²) in [6.45, 7) is 5.99. The summed E-state index contributed by atoms with van der Waals surface area (Å²) in [7, 11) is 2.01. The van der Waals surface area contributed by atoms with Gasteiger partial charge in [0.2, 0.25) is 5.91 Å².